The summed E-state index contributed by atoms with van der Waals surface area (Å²) in [6.45, 7) is 2.57. The third-order valence-electron chi connectivity index (χ3n) is 2.87. The molecule has 0 fully saturated rings. The Kier molecular flexibility index (Phi) is 3.99. The van der Waals surface area contributed by atoms with Crippen LogP contribution in [0.25, 0.3) is 0 Å². The maximum atomic E-state index is 13.8. The largest absolute Gasteiger partial charge is 0.369 e. The van der Waals surface area contributed by atoms with Gasteiger partial charge < -0.3 is 10.6 Å². The Morgan fingerprint density at radius 2 is 2.11 bits per heavy atom. The molecule has 0 saturated heterocycles. The van der Waals surface area contributed by atoms with Crippen LogP contribution in [0.4, 0.5) is 10.1 Å². The van der Waals surface area contributed by atoms with Crippen molar-refractivity contribution < 1.29 is 4.39 Å². The zero-order valence-electron chi connectivity index (χ0n) is 10.6. The van der Waals surface area contributed by atoms with Gasteiger partial charge in [0.15, 0.2) is 0 Å². The molecule has 0 saturated carbocycles. The average Bonchev–Trinajstić information content (AvgIpc) is 2.80. The number of benzene rings is 1. The van der Waals surface area contributed by atoms with E-state index in [-0.39, 0.29) is 11.9 Å². The second kappa shape index (κ2) is 5.50. The van der Waals surface area contributed by atoms with Gasteiger partial charge >= 0.3 is 0 Å². The first kappa shape index (κ1) is 13.1. The minimum atomic E-state index is -0.313. The highest BCUT2D eigenvalue weighted by atomic mass is 32.1. The lowest BCUT2D eigenvalue weighted by molar-refractivity contribution is 0.592. The van der Waals surface area contributed by atoms with Gasteiger partial charge in [0.05, 0.1) is 6.54 Å². The second-order valence-electron chi connectivity index (χ2n) is 4.40. The van der Waals surface area contributed by atoms with Crippen LogP contribution in [0.5, 0.6) is 0 Å². The standard InChI is InChI=1S/C14H17FN2S/c1-10(16)14-12(15)6-3-7-13(14)17(2)9-11-5-4-8-18-11/h3-8,10H,9,16H2,1-2H3. The van der Waals surface area contributed by atoms with Crippen LogP contribution in [0, 0.1) is 5.82 Å². The third kappa shape index (κ3) is 2.71. The second-order valence-corrected chi connectivity index (χ2v) is 5.43. The highest BCUT2D eigenvalue weighted by Crippen LogP contribution is 2.28. The molecule has 0 spiro atoms. The van der Waals surface area contributed by atoms with E-state index in [0.717, 1.165) is 12.2 Å². The fraction of sp³-hybridized carbons (Fsp3) is 0.286. The molecule has 0 aliphatic rings. The van der Waals surface area contributed by atoms with Gasteiger partial charge in [-0.05, 0) is 30.5 Å². The highest BCUT2D eigenvalue weighted by Gasteiger charge is 2.15. The SMILES string of the molecule is CC(N)c1c(F)cccc1N(C)Cc1cccs1. The van der Waals surface area contributed by atoms with Crippen molar-refractivity contribution >= 4 is 17.0 Å². The lowest BCUT2D eigenvalue weighted by Gasteiger charge is -2.23. The number of nitrogens with zero attached hydrogens (tertiary/aromatic N) is 1. The van der Waals surface area contributed by atoms with Crippen molar-refractivity contribution in [2.75, 3.05) is 11.9 Å². The van der Waals surface area contributed by atoms with Crippen molar-refractivity contribution in [3.63, 3.8) is 0 Å². The minimum absolute atomic E-state index is 0.236. The summed E-state index contributed by atoms with van der Waals surface area (Å²) in [6.07, 6.45) is 0. The number of halogens is 1. The van der Waals surface area contributed by atoms with Gasteiger partial charge in [0.25, 0.3) is 0 Å². The number of thiophene rings is 1. The molecule has 1 heterocycles. The van der Waals surface area contributed by atoms with Crippen LogP contribution in [-0.4, -0.2) is 7.05 Å². The fourth-order valence-corrected chi connectivity index (χ4v) is 2.79. The van der Waals surface area contributed by atoms with E-state index >= 15 is 0 Å². The normalized spacial score (nSPS) is 12.4. The Balaban J connectivity index is 2.29. The van der Waals surface area contributed by atoms with E-state index in [9.17, 15) is 4.39 Å². The first-order valence-electron chi connectivity index (χ1n) is 5.87. The molecule has 0 aliphatic carbocycles. The quantitative estimate of drug-likeness (QED) is 0.915. The molecular formula is C14H17FN2S. The summed E-state index contributed by atoms with van der Waals surface area (Å²) in [5, 5.41) is 2.04. The molecule has 1 aromatic heterocycles. The highest BCUT2D eigenvalue weighted by molar-refractivity contribution is 7.09. The Hall–Kier alpha value is -1.39. The maximum Gasteiger partial charge on any atom is 0.130 e. The summed E-state index contributed by atoms with van der Waals surface area (Å²) < 4.78 is 13.8. The molecule has 2 rings (SSSR count). The summed E-state index contributed by atoms with van der Waals surface area (Å²) in [6, 6.07) is 8.88. The molecule has 0 bridgehead atoms. The number of nitrogens with two attached hydrogens (primary N) is 1. The molecule has 2 aromatic rings. The summed E-state index contributed by atoms with van der Waals surface area (Å²) in [5.41, 5.74) is 7.30. The predicted molar refractivity (Wildman–Crippen MR) is 75.4 cm³/mol. The summed E-state index contributed by atoms with van der Waals surface area (Å²) >= 11 is 1.70. The Morgan fingerprint density at radius 3 is 2.72 bits per heavy atom. The number of hydrogen-bond acceptors (Lipinski definition) is 3. The molecule has 1 aromatic carbocycles. The Labute approximate surface area is 111 Å². The van der Waals surface area contributed by atoms with Crippen LogP contribution in [0.3, 0.4) is 0 Å². The van der Waals surface area contributed by atoms with Crippen LogP contribution in [0.1, 0.15) is 23.4 Å². The summed E-state index contributed by atoms with van der Waals surface area (Å²) in [7, 11) is 1.96. The minimum Gasteiger partial charge on any atom is -0.369 e. The molecule has 1 unspecified atom stereocenters. The third-order valence-corrected chi connectivity index (χ3v) is 3.73. The molecule has 1 atom stereocenters. The number of anilines is 1. The van der Waals surface area contributed by atoms with Crippen LogP contribution >= 0.6 is 11.3 Å². The van der Waals surface area contributed by atoms with Gasteiger partial charge in [0.2, 0.25) is 0 Å². The maximum absolute atomic E-state index is 13.8. The van der Waals surface area contributed by atoms with E-state index in [1.54, 1.807) is 24.3 Å². The molecule has 96 valence electrons. The zero-order chi connectivity index (χ0) is 13.1. The molecule has 0 aliphatic heterocycles. The first-order chi connectivity index (χ1) is 8.59. The van der Waals surface area contributed by atoms with Crippen LogP contribution < -0.4 is 10.6 Å². The molecule has 18 heavy (non-hydrogen) atoms. The monoisotopic (exact) mass is 264 g/mol. The van der Waals surface area contributed by atoms with Gasteiger partial charge in [0.1, 0.15) is 5.82 Å². The lowest BCUT2D eigenvalue weighted by atomic mass is 10.1. The van der Waals surface area contributed by atoms with Crippen molar-refractivity contribution in [3.05, 3.63) is 52.0 Å². The van der Waals surface area contributed by atoms with Crippen molar-refractivity contribution in [2.45, 2.75) is 19.5 Å². The summed E-state index contributed by atoms with van der Waals surface area (Å²) in [5.74, 6) is -0.236. The van der Waals surface area contributed by atoms with Gasteiger partial charge in [-0.3, -0.25) is 0 Å². The van der Waals surface area contributed by atoms with E-state index in [2.05, 4.69) is 6.07 Å². The number of hydrogen-bond donors (Lipinski definition) is 1. The lowest BCUT2D eigenvalue weighted by Crippen LogP contribution is -2.20. The molecule has 0 amide bonds. The van der Waals surface area contributed by atoms with E-state index in [1.807, 2.05) is 29.5 Å². The van der Waals surface area contributed by atoms with Crippen LogP contribution in [0.2, 0.25) is 0 Å². The van der Waals surface area contributed by atoms with Crippen molar-refractivity contribution in [1.82, 2.24) is 0 Å². The predicted octanol–water partition coefficient (Wildman–Crippen LogP) is 3.54. The molecule has 2 N–H and O–H groups in total. The van der Waals surface area contributed by atoms with Crippen LogP contribution in [-0.2, 0) is 6.54 Å². The zero-order valence-corrected chi connectivity index (χ0v) is 11.4. The number of rotatable bonds is 4. The fourth-order valence-electron chi connectivity index (χ4n) is 2.03. The van der Waals surface area contributed by atoms with Gasteiger partial charge in [0, 0.05) is 29.2 Å². The topological polar surface area (TPSA) is 29.3 Å². The Bertz CT molecular complexity index is 509. The van der Waals surface area contributed by atoms with Gasteiger partial charge in [-0.15, -0.1) is 11.3 Å². The van der Waals surface area contributed by atoms with Gasteiger partial charge in [-0.25, -0.2) is 4.39 Å². The molecule has 2 nitrogen and oxygen atoms in total. The van der Waals surface area contributed by atoms with E-state index in [1.165, 1.54) is 10.9 Å². The van der Waals surface area contributed by atoms with Crippen molar-refractivity contribution in [3.8, 4) is 0 Å². The van der Waals surface area contributed by atoms with Crippen molar-refractivity contribution in [1.29, 1.82) is 0 Å². The van der Waals surface area contributed by atoms with E-state index in [0.29, 0.717) is 5.56 Å². The van der Waals surface area contributed by atoms with Crippen LogP contribution in [0.15, 0.2) is 35.7 Å². The summed E-state index contributed by atoms with van der Waals surface area (Å²) in [4.78, 5) is 3.28. The molecule has 0 radical (unpaired) electrons. The molecular weight excluding hydrogens is 247 g/mol. The van der Waals surface area contributed by atoms with E-state index in [4.69, 9.17) is 5.73 Å². The average molecular weight is 264 g/mol. The smallest absolute Gasteiger partial charge is 0.130 e. The van der Waals surface area contributed by atoms with Gasteiger partial charge in [-0.1, -0.05) is 12.1 Å². The van der Waals surface area contributed by atoms with Crippen molar-refractivity contribution in [2.24, 2.45) is 5.73 Å². The van der Waals surface area contributed by atoms with Gasteiger partial charge in [-0.2, -0.15) is 0 Å². The molecule has 4 heteroatoms. The first-order valence-corrected chi connectivity index (χ1v) is 6.75. The Morgan fingerprint density at radius 1 is 1.33 bits per heavy atom. The van der Waals surface area contributed by atoms with E-state index < -0.39 is 0 Å².